The molecule has 78 heavy (non-hydrogen) atoms. The summed E-state index contributed by atoms with van der Waals surface area (Å²) < 4.78 is 17.0. The number of carbonyl (C=O) groups is 3. The molecule has 0 aliphatic heterocycles. The van der Waals surface area contributed by atoms with Gasteiger partial charge in [-0.05, 0) is 51.4 Å². The van der Waals surface area contributed by atoms with Crippen LogP contribution < -0.4 is 0 Å². The molecule has 0 N–H and O–H groups in total. The molecule has 0 rings (SSSR count). The number of hydrogen-bond donors (Lipinski definition) is 0. The summed E-state index contributed by atoms with van der Waals surface area (Å²) in [4.78, 5) is 38.4. The average Bonchev–Trinajstić information content (AvgIpc) is 3.44. The lowest BCUT2D eigenvalue weighted by Gasteiger charge is -2.18. The van der Waals surface area contributed by atoms with E-state index >= 15 is 0 Å². The van der Waals surface area contributed by atoms with Crippen LogP contribution in [0.3, 0.4) is 0 Å². The van der Waals surface area contributed by atoms with Crippen LogP contribution in [0.4, 0.5) is 0 Å². The minimum absolute atomic E-state index is 0.0692. The maximum atomic E-state index is 13.0. The maximum absolute atomic E-state index is 13.0. The quantitative estimate of drug-likeness (QED) is 0.0261. The van der Waals surface area contributed by atoms with Crippen molar-refractivity contribution in [3.05, 3.63) is 24.3 Å². The van der Waals surface area contributed by atoms with Crippen molar-refractivity contribution in [3.8, 4) is 0 Å². The van der Waals surface area contributed by atoms with E-state index in [-0.39, 0.29) is 31.1 Å². The van der Waals surface area contributed by atoms with Crippen molar-refractivity contribution in [2.24, 2.45) is 0 Å². The molecule has 0 aliphatic rings. The van der Waals surface area contributed by atoms with Crippen LogP contribution in [0, 0.1) is 0 Å². The Morgan fingerprint density at radius 1 is 0.256 bits per heavy atom. The molecule has 0 saturated carbocycles. The van der Waals surface area contributed by atoms with Gasteiger partial charge in [-0.25, -0.2) is 0 Å². The van der Waals surface area contributed by atoms with Gasteiger partial charge in [-0.15, -0.1) is 0 Å². The predicted molar refractivity (Wildman–Crippen MR) is 340 cm³/mol. The van der Waals surface area contributed by atoms with Gasteiger partial charge in [-0.1, -0.05) is 353 Å². The number of allylic oxidation sites excluding steroid dienone is 4. The zero-order chi connectivity index (χ0) is 56.4. The third-order valence-corrected chi connectivity index (χ3v) is 16.2. The Kier molecular flexibility index (Phi) is 65.6. The Hall–Kier alpha value is -2.11. The van der Waals surface area contributed by atoms with E-state index in [4.69, 9.17) is 14.2 Å². The molecule has 1 atom stereocenters. The fourth-order valence-electron chi connectivity index (χ4n) is 10.9. The summed E-state index contributed by atoms with van der Waals surface area (Å²) in [5, 5.41) is 0. The molecule has 0 saturated heterocycles. The molecule has 6 heteroatoms. The summed E-state index contributed by atoms with van der Waals surface area (Å²) in [6, 6.07) is 0. The van der Waals surface area contributed by atoms with Gasteiger partial charge in [0.25, 0.3) is 0 Å². The van der Waals surface area contributed by atoms with Crippen molar-refractivity contribution in [2.45, 2.75) is 406 Å². The number of hydrogen-bond acceptors (Lipinski definition) is 6. The second-order valence-corrected chi connectivity index (χ2v) is 24.2. The zero-order valence-electron chi connectivity index (χ0n) is 53.0. The number of rotatable bonds is 66. The van der Waals surface area contributed by atoms with Gasteiger partial charge in [0, 0.05) is 19.3 Å². The van der Waals surface area contributed by atoms with E-state index in [1.807, 2.05) is 0 Å². The second kappa shape index (κ2) is 67.4. The molecular formula is C72H136O6. The van der Waals surface area contributed by atoms with Crippen LogP contribution in [0.5, 0.6) is 0 Å². The molecule has 0 fully saturated rings. The number of ether oxygens (including phenoxy) is 3. The average molecular weight is 1100 g/mol. The SMILES string of the molecule is CCCCC/C=C\C/C=C\CCCCCCCC(=O)OCC(COC(=O)CCCCCCCCCCCCCCCCCCCCCCCCC)OC(=O)CCCCCCCCCCCCCCCCCCCCCCCC. The smallest absolute Gasteiger partial charge is 0.306 e. The molecule has 0 heterocycles. The van der Waals surface area contributed by atoms with Crippen LogP contribution in [0.1, 0.15) is 400 Å². The summed E-state index contributed by atoms with van der Waals surface area (Å²) in [6.45, 7) is 6.69. The monoisotopic (exact) mass is 1100 g/mol. The first-order valence-electron chi connectivity index (χ1n) is 35.3. The summed E-state index contributed by atoms with van der Waals surface area (Å²) in [5.41, 5.74) is 0. The second-order valence-electron chi connectivity index (χ2n) is 24.2. The largest absolute Gasteiger partial charge is 0.462 e. The summed E-state index contributed by atoms with van der Waals surface area (Å²) in [5.74, 6) is -0.850. The molecule has 0 bridgehead atoms. The van der Waals surface area contributed by atoms with Crippen molar-refractivity contribution >= 4 is 17.9 Å². The molecular weight excluding hydrogens is 961 g/mol. The van der Waals surface area contributed by atoms with Gasteiger partial charge < -0.3 is 14.2 Å². The van der Waals surface area contributed by atoms with E-state index in [0.717, 1.165) is 77.0 Å². The Labute approximate surface area is 487 Å². The first kappa shape index (κ1) is 75.9. The van der Waals surface area contributed by atoms with Crippen molar-refractivity contribution in [2.75, 3.05) is 13.2 Å². The Bertz CT molecular complexity index is 1260. The van der Waals surface area contributed by atoms with E-state index in [9.17, 15) is 14.4 Å². The van der Waals surface area contributed by atoms with Crippen LogP contribution in [-0.4, -0.2) is 37.2 Å². The normalized spacial score (nSPS) is 12.1. The minimum Gasteiger partial charge on any atom is -0.462 e. The molecule has 0 aromatic heterocycles. The Morgan fingerprint density at radius 2 is 0.462 bits per heavy atom. The van der Waals surface area contributed by atoms with Crippen LogP contribution >= 0.6 is 0 Å². The lowest BCUT2D eigenvalue weighted by Crippen LogP contribution is -2.30. The predicted octanol–water partition coefficient (Wildman–Crippen LogP) is 24.2. The summed E-state index contributed by atoms with van der Waals surface area (Å²) in [6.07, 6.45) is 82.1. The van der Waals surface area contributed by atoms with Gasteiger partial charge in [0.15, 0.2) is 6.10 Å². The van der Waals surface area contributed by atoms with Gasteiger partial charge in [0.1, 0.15) is 13.2 Å². The molecule has 1 unspecified atom stereocenters. The highest BCUT2D eigenvalue weighted by atomic mass is 16.6. The van der Waals surface area contributed by atoms with E-state index in [2.05, 4.69) is 45.1 Å². The fraction of sp³-hybridized carbons (Fsp3) is 0.903. The van der Waals surface area contributed by atoms with Gasteiger partial charge >= 0.3 is 17.9 Å². The molecule has 6 nitrogen and oxygen atoms in total. The van der Waals surface area contributed by atoms with Crippen molar-refractivity contribution < 1.29 is 28.6 Å². The van der Waals surface area contributed by atoms with E-state index in [1.165, 1.54) is 283 Å². The van der Waals surface area contributed by atoms with Crippen molar-refractivity contribution in [3.63, 3.8) is 0 Å². The number of carbonyl (C=O) groups excluding carboxylic acids is 3. The molecule has 0 aromatic rings. The Morgan fingerprint density at radius 3 is 0.731 bits per heavy atom. The lowest BCUT2D eigenvalue weighted by molar-refractivity contribution is -0.167. The van der Waals surface area contributed by atoms with Crippen molar-refractivity contribution in [1.29, 1.82) is 0 Å². The molecule has 0 radical (unpaired) electrons. The van der Waals surface area contributed by atoms with Crippen LogP contribution in [0.15, 0.2) is 24.3 Å². The minimum atomic E-state index is -0.774. The van der Waals surface area contributed by atoms with Crippen LogP contribution in [-0.2, 0) is 28.6 Å². The first-order valence-corrected chi connectivity index (χ1v) is 35.3. The highest BCUT2D eigenvalue weighted by Gasteiger charge is 2.19. The van der Waals surface area contributed by atoms with Crippen LogP contribution in [0.2, 0.25) is 0 Å². The zero-order valence-corrected chi connectivity index (χ0v) is 53.0. The fourth-order valence-corrected chi connectivity index (χ4v) is 10.9. The summed E-state index contributed by atoms with van der Waals surface area (Å²) in [7, 11) is 0. The van der Waals surface area contributed by atoms with Gasteiger partial charge in [0.05, 0.1) is 0 Å². The van der Waals surface area contributed by atoms with E-state index in [0.29, 0.717) is 19.3 Å². The molecule has 0 aliphatic carbocycles. The third kappa shape index (κ3) is 64.7. The van der Waals surface area contributed by atoms with Gasteiger partial charge in [0.2, 0.25) is 0 Å². The standard InChI is InChI=1S/C72H136O6/c1-4-7-10-13-16-19-22-25-28-30-32-34-36-38-39-41-44-47-50-53-56-59-62-65-71(74)77-68-69(67-76-70(73)64-61-58-55-52-49-46-43-27-24-21-18-15-12-9-6-3)78-72(75)66-63-60-57-54-51-48-45-42-40-37-35-33-31-29-26-23-20-17-14-11-8-5-2/h18,21,27,43,69H,4-17,19-20,22-26,28-42,44-68H2,1-3H3/b21-18-,43-27-. The summed E-state index contributed by atoms with van der Waals surface area (Å²) >= 11 is 0. The highest BCUT2D eigenvalue weighted by Crippen LogP contribution is 2.19. The van der Waals surface area contributed by atoms with Crippen LogP contribution in [0.25, 0.3) is 0 Å². The lowest BCUT2D eigenvalue weighted by atomic mass is 10.0. The maximum Gasteiger partial charge on any atom is 0.306 e. The van der Waals surface area contributed by atoms with Gasteiger partial charge in [-0.3, -0.25) is 14.4 Å². The Balaban J connectivity index is 4.26. The third-order valence-electron chi connectivity index (χ3n) is 16.2. The molecule has 0 amide bonds. The van der Waals surface area contributed by atoms with Crippen molar-refractivity contribution in [1.82, 2.24) is 0 Å². The number of esters is 3. The van der Waals surface area contributed by atoms with Gasteiger partial charge in [-0.2, -0.15) is 0 Å². The topological polar surface area (TPSA) is 78.9 Å². The first-order chi connectivity index (χ1) is 38.5. The molecule has 0 spiro atoms. The number of unbranched alkanes of at least 4 members (excludes halogenated alkanes) is 51. The van der Waals surface area contributed by atoms with E-state index in [1.54, 1.807) is 0 Å². The highest BCUT2D eigenvalue weighted by molar-refractivity contribution is 5.71. The molecule has 0 aromatic carbocycles. The van der Waals surface area contributed by atoms with E-state index < -0.39 is 6.10 Å². The molecule has 460 valence electrons.